The van der Waals surface area contributed by atoms with E-state index in [9.17, 15) is 14.7 Å². The van der Waals surface area contributed by atoms with E-state index in [1.807, 2.05) is 0 Å². The molecule has 0 atom stereocenters. The third-order valence-electron chi connectivity index (χ3n) is 3.69. The van der Waals surface area contributed by atoms with Gasteiger partial charge in [0.25, 0.3) is 0 Å². The van der Waals surface area contributed by atoms with E-state index in [1.165, 1.54) is 56.7 Å². The van der Waals surface area contributed by atoms with Crippen molar-refractivity contribution in [2.24, 2.45) is 0 Å². The van der Waals surface area contributed by atoms with Gasteiger partial charge in [0.15, 0.2) is 0 Å². The second-order valence-electron chi connectivity index (χ2n) is 5.83. The van der Waals surface area contributed by atoms with Gasteiger partial charge in [-0.05, 0) is 18.6 Å². The molecule has 1 amide bonds. The number of aromatic carboxylic acids is 1. The van der Waals surface area contributed by atoms with Gasteiger partial charge in [-0.25, -0.2) is 4.79 Å². The van der Waals surface area contributed by atoms with E-state index in [1.54, 1.807) is 0 Å². The van der Waals surface area contributed by atoms with Gasteiger partial charge in [-0.1, -0.05) is 51.9 Å². The van der Waals surface area contributed by atoms with Gasteiger partial charge in [-0.2, -0.15) is 0 Å². The van der Waals surface area contributed by atoms with Gasteiger partial charge in [0.2, 0.25) is 0 Å². The lowest BCUT2D eigenvalue weighted by atomic mass is 10.1. The average Bonchev–Trinajstić information content (AvgIpc) is 2.56. The Hall–Kier alpha value is -1.73. The highest BCUT2D eigenvalue weighted by Gasteiger charge is 2.11. The van der Waals surface area contributed by atoms with Crippen LogP contribution in [0.1, 0.15) is 68.6 Å². The molecule has 0 saturated heterocycles. The molecule has 0 aliphatic rings. The number of anilines is 1. The van der Waals surface area contributed by atoms with E-state index < -0.39 is 17.0 Å². The van der Waals surface area contributed by atoms with E-state index in [0.717, 1.165) is 12.8 Å². The van der Waals surface area contributed by atoms with Crippen LogP contribution in [0.3, 0.4) is 0 Å². The minimum absolute atomic E-state index is 0.211. The van der Waals surface area contributed by atoms with Gasteiger partial charge in [0.05, 0.1) is 18.6 Å². The molecule has 0 aliphatic carbocycles. The number of carboxylic acids is 1. The highest BCUT2D eigenvalue weighted by molar-refractivity contribution is 8.09. The summed E-state index contributed by atoms with van der Waals surface area (Å²) in [5, 5.41) is 20.5. The van der Waals surface area contributed by atoms with Crippen LogP contribution in [-0.4, -0.2) is 28.0 Å². The fourth-order valence-corrected chi connectivity index (χ4v) is 2.79. The Bertz CT molecular complexity index is 550. The maximum atomic E-state index is 11.7. The zero-order valence-electron chi connectivity index (χ0n) is 14.6. The van der Waals surface area contributed by atoms with Gasteiger partial charge in [0, 0.05) is 11.8 Å². The Morgan fingerprint density at radius 3 is 2.32 bits per heavy atom. The Morgan fingerprint density at radius 2 is 1.72 bits per heavy atom. The molecule has 0 aliphatic heterocycles. The molecule has 0 bridgehead atoms. The maximum absolute atomic E-state index is 11.7. The summed E-state index contributed by atoms with van der Waals surface area (Å²) in [4.78, 5) is 22.5. The predicted molar refractivity (Wildman–Crippen MR) is 100 cm³/mol. The molecule has 1 aromatic carbocycles. The Morgan fingerprint density at radius 1 is 1.08 bits per heavy atom. The summed E-state index contributed by atoms with van der Waals surface area (Å²) >= 11 is 0.715. The lowest BCUT2D eigenvalue weighted by Gasteiger charge is -2.07. The number of unbranched alkanes of at least 4 members (excludes halogenated alkanes) is 7. The van der Waals surface area contributed by atoms with E-state index in [2.05, 4.69) is 12.2 Å². The molecule has 3 N–H and O–H groups in total. The first-order chi connectivity index (χ1) is 12.0. The topological polar surface area (TPSA) is 95.9 Å². The first-order valence-corrected chi connectivity index (χ1v) is 9.45. The summed E-state index contributed by atoms with van der Waals surface area (Å²) in [6, 6.07) is 3.85. The predicted octanol–water partition coefficient (Wildman–Crippen LogP) is 5.43. The molecule has 1 rings (SSSR count). The van der Waals surface area contributed by atoms with Crippen LogP contribution in [0, 0.1) is 0 Å². The van der Waals surface area contributed by atoms with Crippen molar-refractivity contribution in [3.05, 3.63) is 23.8 Å². The number of amides is 1. The van der Waals surface area contributed by atoms with Gasteiger partial charge in [0.1, 0.15) is 11.3 Å². The quantitative estimate of drug-likeness (QED) is 0.336. The minimum Gasteiger partial charge on any atom is -0.507 e. The largest absolute Gasteiger partial charge is 0.507 e. The van der Waals surface area contributed by atoms with Gasteiger partial charge in [-0.15, -0.1) is 0 Å². The highest BCUT2D eigenvalue weighted by Crippen LogP contribution is 2.23. The number of carbonyl (C=O) groups excluding carboxylic acids is 1. The Kier molecular flexibility index (Phi) is 10.7. The number of hydrogen-bond donors (Lipinski definition) is 3. The van der Waals surface area contributed by atoms with E-state index in [4.69, 9.17) is 9.29 Å². The first kappa shape index (κ1) is 21.3. The van der Waals surface area contributed by atoms with Crippen molar-refractivity contribution in [1.29, 1.82) is 0 Å². The van der Waals surface area contributed by atoms with Crippen molar-refractivity contribution in [3.8, 4) is 5.75 Å². The lowest BCUT2D eigenvalue weighted by molar-refractivity contribution is 0.0694. The number of phenols is 1. The molecule has 0 radical (unpaired) electrons. The molecule has 140 valence electrons. The fourth-order valence-electron chi connectivity index (χ4n) is 2.32. The maximum Gasteiger partial charge on any atom is 0.339 e. The van der Waals surface area contributed by atoms with Crippen LogP contribution in [0.5, 0.6) is 5.75 Å². The van der Waals surface area contributed by atoms with Crippen LogP contribution in [0.4, 0.5) is 10.5 Å². The number of benzene rings is 1. The first-order valence-electron chi connectivity index (χ1n) is 8.71. The van der Waals surface area contributed by atoms with Crippen LogP contribution >= 0.6 is 12.0 Å². The molecule has 0 fully saturated rings. The summed E-state index contributed by atoms with van der Waals surface area (Å²) in [5.41, 5.74) is 0.104. The molecule has 1 aromatic rings. The molecule has 6 nitrogen and oxygen atoms in total. The summed E-state index contributed by atoms with van der Waals surface area (Å²) < 4.78 is 5.25. The molecule has 0 heterocycles. The van der Waals surface area contributed by atoms with Crippen LogP contribution in [0.15, 0.2) is 18.2 Å². The zero-order chi connectivity index (χ0) is 18.5. The molecule has 0 spiro atoms. The number of carboxylic acid groups (broad SMARTS) is 1. The third kappa shape index (κ3) is 9.36. The number of carbonyl (C=O) groups is 2. The van der Waals surface area contributed by atoms with Crippen LogP contribution in [0.25, 0.3) is 0 Å². The molecular formula is C18H27NO5S. The SMILES string of the molecule is CCCCCCCCCCOSC(=O)Nc1ccc(C(=O)O)c(O)c1. The monoisotopic (exact) mass is 369 g/mol. The summed E-state index contributed by atoms with van der Waals surface area (Å²) in [5.74, 6) is -1.62. The third-order valence-corrected chi connectivity index (χ3v) is 4.23. The minimum atomic E-state index is -1.22. The summed E-state index contributed by atoms with van der Waals surface area (Å²) in [7, 11) is 0. The zero-order valence-corrected chi connectivity index (χ0v) is 15.4. The van der Waals surface area contributed by atoms with E-state index in [-0.39, 0.29) is 5.56 Å². The van der Waals surface area contributed by atoms with Crippen molar-refractivity contribution < 1.29 is 24.0 Å². The van der Waals surface area contributed by atoms with Gasteiger partial charge >= 0.3 is 11.2 Å². The van der Waals surface area contributed by atoms with Crippen molar-refractivity contribution in [1.82, 2.24) is 0 Å². The van der Waals surface area contributed by atoms with Gasteiger partial charge < -0.3 is 19.7 Å². The van der Waals surface area contributed by atoms with Crippen molar-refractivity contribution >= 4 is 28.9 Å². The molecule has 7 heteroatoms. The molecule has 0 saturated carbocycles. The van der Waals surface area contributed by atoms with Crippen molar-refractivity contribution in [3.63, 3.8) is 0 Å². The lowest BCUT2D eigenvalue weighted by Crippen LogP contribution is -2.06. The number of nitrogens with one attached hydrogen (secondary N) is 1. The van der Waals surface area contributed by atoms with Crippen molar-refractivity contribution in [2.75, 3.05) is 11.9 Å². The summed E-state index contributed by atoms with van der Waals surface area (Å²) in [6.07, 6.45) is 9.64. The molecule has 25 heavy (non-hydrogen) atoms. The second kappa shape index (κ2) is 12.6. The molecular weight excluding hydrogens is 342 g/mol. The number of hydrogen-bond acceptors (Lipinski definition) is 5. The molecule has 0 aromatic heterocycles. The normalized spacial score (nSPS) is 10.6. The van der Waals surface area contributed by atoms with Crippen LogP contribution < -0.4 is 5.32 Å². The number of rotatable bonds is 12. The fraction of sp³-hybridized carbons (Fsp3) is 0.556. The van der Waals surface area contributed by atoms with Crippen LogP contribution in [-0.2, 0) is 4.18 Å². The highest BCUT2D eigenvalue weighted by atomic mass is 32.2. The number of aromatic hydroxyl groups is 1. The molecule has 0 unspecified atom stereocenters. The van der Waals surface area contributed by atoms with Crippen LogP contribution in [0.2, 0.25) is 0 Å². The van der Waals surface area contributed by atoms with Gasteiger partial charge in [-0.3, -0.25) is 4.79 Å². The average molecular weight is 369 g/mol. The Balaban J connectivity index is 2.11. The smallest absolute Gasteiger partial charge is 0.339 e. The Labute approximate surface area is 153 Å². The van der Waals surface area contributed by atoms with E-state index in [0.29, 0.717) is 24.3 Å². The van der Waals surface area contributed by atoms with E-state index >= 15 is 0 Å². The second-order valence-corrected chi connectivity index (χ2v) is 6.60. The van der Waals surface area contributed by atoms with Crippen molar-refractivity contribution in [2.45, 2.75) is 58.3 Å². The standard InChI is InChI=1S/C18H27NO5S/c1-2-3-4-5-6-7-8-9-12-24-25-18(23)19-14-10-11-15(17(21)22)16(20)13-14/h10-11,13,20H,2-9,12H2,1H3,(H,19,23)(H,21,22). The summed E-state index contributed by atoms with van der Waals surface area (Å²) in [6.45, 7) is 2.72.